The summed E-state index contributed by atoms with van der Waals surface area (Å²) in [6.07, 6.45) is 2.56. The summed E-state index contributed by atoms with van der Waals surface area (Å²) in [6.45, 7) is 4.62. The third-order valence-corrected chi connectivity index (χ3v) is 4.54. The Balaban J connectivity index is 1.85. The lowest BCUT2D eigenvalue weighted by atomic mass is 9.90. The molecule has 1 saturated carbocycles. The number of aliphatic hydroxyl groups excluding tert-OH is 1. The molecule has 116 valence electrons. The second-order valence-corrected chi connectivity index (χ2v) is 7.33. The van der Waals surface area contributed by atoms with Crippen LogP contribution in [0, 0.1) is 11.3 Å². The zero-order chi connectivity index (χ0) is 15.5. The van der Waals surface area contributed by atoms with Crippen LogP contribution >= 0.6 is 11.3 Å². The van der Waals surface area contributed by atoms with E-state index in [0.29, 0.717) is 22.8 Å². The Morgan fingerprint density at radius 3 is 2.71 bits per heavy atom. The molecule has 1 fully saturated rings. The second-order valence-electron chi connectivity index (χ2n) is 6.25. The molecule has 0 saturated heterocycles. The highest BCUT2D eigenvalue weighted by Gasteiger charge is 2.30. The van der Waals surface area contributed by atoms with Gasteiger partial charge in [0.25, 0.3) is 5.91 Å². The molecule has 1 heterocycles. The van der Waals surface area contributed by atoms with Crippen LogP contribution in [0.4, 0.5) is 5.00 Å². The van der Waals surface area contributed by atoms with Gasteiger partial charge in [0.1, 0.15) is 0 Å². The first-order valence-electron chi connectivity index (χ1n) is 7.21. The molecule has 0 bridgehead atoms. The Hall–Kier alpha value is -1.40. The zero-order valence-corrected chi connectivity index (χ0v) is 13.3. The maximum absolute atomic E-state index is 12.1. The normalized spacial score (nSPS) is 14.8. The fraction of sp³-hybridized carbons (Fsp3) is 0.600. The van der Waals surface area contributed by atoms with Crippen LogP contribution in [0.25, 0.3) is 0 Å². The van der Waals surface area contributed by atoms with Crippen LogP contribution in [0.15, 0.2) is 12.1 Å². The van der Waals surface area contributed by atoms with Gasteiger partial charge in [-0.2, -0.15) is 0 Å². The van der Waals surface area contributed by atoms with Crippen LogP contribution in [-0.4, -0.2) is 30.1 Å². The molecule has 6 heteroatoms. The molecule has 3 N–H and O–H groups in total. The van der Waals surface area contributed by atoms with E-state index in [9.17, 15) is 9.59 Å². The Morgan fingerprint density at radius 1 is 1.38 bits per heavy atom. The highest BCUT2D eigenvalue weighted by atomic mass is 32.1. The molecular formula is C15H22N2O3S. The van der Waals surface area contributed by atoms with Crippen LogP contribution in [0.5, 0.6) is 0 Å². The molecule has 0 aliphatic heterocycles. The lowest BCUT2D eigenvalue weighted by molar-refractivity contribution is -0.117. The summed E-state index contributed by atoms with van der Waals surface area (Å²) in [7, 11) is 0. The van der Waals surface area contributed by atoms with Gasteiger partial charge >= 0.3 is 0 Å². The van der Waals surface area contributed by atoms with Gasteiger partial charge < -0.3 is 15.7 Å². The van der Waals surface area contributed by atoms with Crippen molar-refractivity contribution in [2.45, 2.75) is 33.1 Å². The molecule has 2 rings (SSSR count). The average molecular weight is 310 g/mol. The van der Waals surface area contributed by atoms with Crippen LogP contribution in [0.1, 0.15) is 42.8 Å². The highest BCUT2D eigenvalue weighted by Crippen LogP contribution is 2.31. The van der Waals surface area contributed by atoms with Gasteiger partial charge in [0.15, 0.2) is 0 Å². The van der Waals surface area contributed by atoms with Gasteiger partial charge in [-0.25, -0.2) is 0 Å². The van der Waals surface area contributed by atoms with Crippen molar-refractivity contribution in [3.63, 3.8) is 0 Å². The Labute approximate surface area is 128 Å². The lowest BCUT2D eigenvalue weighted by Gasteiger charge is -2.23. The van der Waals surface area contributed by atoms with E-state index in [1.165, 1.54) is 11.3 Å². The predicted molar refractivity (Wildman–Crippen MR) is 83.5 cm³/mol. The minimum atomic E-state index is -0.141. The zero-order valence-electron chi connectivity index (χ0n) is 12.4. The monoisotopic (exact) mass is 310 g/mol. The number of amides is 2. The van der Waals surface area contributed by atoms with Crippen molar-refractivity contribution in [2.75, 3.05) is 18.5 Å². The van der Waals surface area contributed by atoms with E-state index < -0.39 is 0 Å². The summed E-state index contributed by atoms with van der Waals surface area (Å²) < 4.78 is 0. The molecule has 0 unspecified atom stereocenters. The van der Waals surface area contributed by atoms with Crippen molar-refractivity contribution in [1.82, 2.24) is 5.32 Å². The Morgan fingerprint density at radius 2 is 2.10 bits per heavy atom. The summed E-state index contributed by atoms with van der Waals surface area (Å²) in [5, 5.41) is 15.4. The Bertz CT molecular complexity index is 521. The van der Waals surface area contributed by atoms with E-state index in [1.54, 1.807) is 12.1 Å². The first-order valence-corrected chi connectivity index (χ1v) is 8.03. The SMILES string of the molecule is CC(C)(CCO)CNC(=O)c1ccc(NC(=O)C2CC2)s1. The number of nitrogens with one attached hydrogen (secondary N) is 2. The maximum Gasteiger partial charge on any atom is 0.261 e. The van der Waals surface area contributed by atoms with Crippen LogP contribution in [0.2, 0.25) is 0 Å². The molecule has 1 aromatic heterocycles. The maximum atomic E-state index is 12.1. The lowest BCUT2D eigenvalue weighted by Crippen LogP contribution is -2.34. The minimum Gasteiger partial charge on any atom is -0.396 e. The number of anilines is 1. The molecule has 0 spiro atoms. The van der Waals surface area contributed by atoms with Crippen molar-refractivity contribution in [3.8, 4) is 0 Å². The smallest absolute Gasteiger partial charge is 0.261 e. The van der Waals surface area contributed by atoms with E-state index >= 15 is 0 Å². The molecule has 1 aliphatic rings. The molecule has 1 aromatic rings. The molecule has 0 aromatic carbocycles. The van der Waals surface area contributed by atoms with E-state index in [1.807, 2.05) is 13.8 Å². The van der Waals surface area contributed by atoms with Gasteiger partial charge in [-0.05, 0) is 36.8 Å². The minimum absolute atomic E-state index is 0.0490. The standard InChI is InChI=1S/C15H22N2O3S/c1-15(2,7-8-18)9-16-14(20)11-5-6-12(21-11)17-13(19)10-3-4-10/h5-6,10,18H,3-4,7-9H2,1-2H3,(H,16,20)(H,17,19). The molecule has 21 heavy (non-hydrogen) atoms. The summed E-state index contributed by atoms with van der Waals surface area (Å²) in [5.41, 5.74) is -0.134. The summed E-state index contributed by atoms with van der Waals surface area (Å²) in [5.74, 6) is 0.0643. The summed E-state index contributed by atoms with van der Waals surface area (Å²) in [4.78, 5) is 24.3. The molecule has 2 amide bonds. The van der Waals surface area contributed by atoms with Crippen molar-refractivity contribution in [2.24, 2.45) is 11.3 Å². The number of aliphatic hydroxyl groups is 1. The predicted octanol–water partition coefficient (Wildman–Crippen LogP) is 2.23. The van der Waals surface area contributed by atoms with Crippen molar-refractivity contribution in [1.29, 1.82) is 0 Å². The fourth-order valence-electron chi connectivity index (χ4n) is 1.89. The highest BCUT2D eigenvalue weighted by molar-refractivity contribution is 7.18. The van der Waals surface area contributed by atoms with E-state index in [0.717, 1.165) is 12.8 Å². The van der Waals surface area contributed by atoms with E-state index in [4.69, 9.17) is 5.11 Å². The number of carbonyl (C=O) groups is 2. The number of rotatable bonds is 7. The first kappa shape index (κ1) is 16.0. The van der Waals surface area contributed by atoms with E-state index in [-0.39, 0.29) is 29.8 Å². The molecule has 0 radical (unpaired) electrons. The largest absolute Gasteiger partial charge is 0.396 e. The summed E-state index contributed by atoms with van der Waals surface area (Å²) >= 11 is 1.29. The fourth-order valence-corrected chi connectivity index (χ4v) is 2.72. The topological polar surface area (TPSA) is 78.4 Å². The molecular weight excluding hydrogens is 288 g/mol. The van der Waals surface area contributed by atoms with Gasteiger partial charge in [0.2, 0.25) is 5.91 Å². The van der Waals surface area contributed by atoms with Gasteiger partial charge in [0, 0.05) is 19.1 Å². The third-order valence-electron chi connectivity index (χ3n) is 3.54. The molecule has 1 aliphatic carbocycles. The van der Waals surface area contributed by atoms with Gasteiger partial charge in [0.05, 0.1) is 9.88 Å². The Kier molecular flexibility index (Phi) is 5.00. The number of hydrogen-bond acceptors (Lipinski definition) is 4. The third kappa shape index (κ3) is 4.82. The van der Waals surface area contributed by atoms with E-state index in [2.05, 4.69) is 10.6 Å². The average Bonchev–Trinajstić information content (AvgIpc) is 3.17. The van der Waals surface area contributed by atoms with Crippen molar-refractivity contribution >= 4 is 28.2 Å². The van der Waals surface area contributed by atoms with Crippen molar-refractivity contribution < 1.29 is 14.7 Å². The van der Waals surface area contributed by atoms with Crippen molar-refractivity contribution in [3.05, 3.63) is 17.0 Å². The number of carbonyl (C=O) groups excluding carboxylic acids is 2. The van der Waals surface area contributed by atoms with Crippen LogP contribution < -0.4 is 10.6 Å². The number of hydrogen-bond donors (Lipinski definition) is 3. The van der Waals surface area contributed by atoms with Gasteiger partial charge in [-0.1, -0.05) is 13.8 Å². The van der Waals surface area contributed by atoms with Gasteiger partial charge in [-0.15, -0.1) is 11.3 Å². The first-order chi connectivity index (χ1) is 9.91. The number of thiophene rings is 1. The second kappa shape index (κ2) is 6.58. The quantitative estimate of drug-likeness (QED) is 0.722. The van der Waals surface area contributed by atoms with Crippen LogP contribution in [0.3, 0.4) is 0 Å². The molecule has 0 atom stereocenters. The summed E-state index contributed by atoms with van der Waals surface area (Å²) in [6, 6.07) is 3.49. The van der Waals surface area contributed by atoms with Gasteiger partial charge in [-0.3, -0.25) is 9.59 Å². The van der Waals surface area contributed by atoms with Crippen LogP contribution in [-0.2, 0) is 4.79 Å². The molecule has 5 nitrogen and oxygen atoms in total.